The Morgan fingerprint density at radius 1 is 1.50 bits per heavy atom. The standard InChI is InChI=1S/C12H13ClN4O/c1-16(7-9-6-14-17(2)8-9)12(18)10-4-3-5-11(13)15-10/h3-6,8H,7H2,1-2H3. The van der Waals surface area contributed by atoms with Gasteiger partial charge in [0.25, 0.3) is 5.91 Å². The summed E-state index contributed by atoms with van der Waals surface area (Å²) in [5.41, 5.74) is 1.31. The Bertz CT molecular complexity index is 567. The predicted molar refractivity (Wildman–Crippen MR) is 68.3 cm³/mol. The highest BCUT2D eigenvalue weighted by molar-refractivity contribution is 6.29. The molecule has 0 radical (unpaired) electrons. The van der Waals surface area contributed by atoms with Crippen molar-refractivity contribution in [3.05, 3.63) is 47.0 Å². The second kappa shape index (κ2) is 5.18. The third-order valence-corrected chi connectivity index (χ3v) is 2.67. The smallest absolute Gasteiger partial charge is 0.272 e. The van der Waals surface area contributed by atoms with E-state index in [9.17, 15) is 4.79 Å². The van der Waals surface area contributed by atoms with Gasteiger partial charge < -0.3 is 4.90 Å². The normalized spacial score (nSPS) is 10.4. The molecule has 5 nitrogen and oxygen atoms in total. The summed E-state index contributed by atoms with van der Waals surface area (Å²) in [6, 6.07) is 4.99. The molecule has 0 spiro atoms. The summed E-state index contributed by atoms with van der Waals surface area (Å²) in [7, 11) is 3.56. The van der Waals surface area contributed by atoms with Gasteiger partial charge in [0.2, 0.25) is 0 Å². The summed E-state index contributed by atoms with van der Waals surface area (Å²) in [5.74, 6) is -0.165. The van der Waals surface area contributed by atoms with Crippen molar-refractivity contribution >= 4 is 17.5 Å². The van der Waals surface area contributed by atoms with E-state index in [1.165, 1.54) is 0 Å². The number of aromatic nitrogens is 3. The van der Waals surface area contributed by atoms with Crippen LogP contribution >= 0.6 is 11.6 Å². The van der Waals surface area contributed by atoms with Gasteiger partial charge in [-0.05, 0) is 12.1 Å². The average Bonchev–Trinajstić information content (AvgIpc) is 2.73. The van der Waals surface area contributed by atoms with Crippen molar-refractivity contribution < 1.29 is 4.79 Å². The first kappa shape index (κ1) is 12.6. The van der Waals surface area contributed by atoms with E-state index >= 15 is 0 Å². The van der Waals surface area contributed by atoms with Crippen molar-refractivity contribution in [1.82, 2.24) is 19.7 Å². The van der Waals surface area contributed by atoms with Gasteiger partial charge in [0.05, 0.1) is 6.20 Å². The number of carbonyl (C=O) groups excluding carboxylic acids is 1. The van der Waals surface area contributed by atoms with Crippen molar-refractivity contribution in [3.63, 3.8) is 0 Å². The van der Waals surface area contributed by atoms with Gasteiger partial charge in [-0.25, -0.2) is 4.98 Å². The Hall–Kier alpha value is -1.88. The van der Waals surface area contributed by atoms with E-state index in [0.717, 1.165) is 5.56 Å². The van der Waals surface area contributed by atoms with Crippen LogP contribution in [0, 0.1) is 0 Å². The SMILES string of the molecule is CN(Cc1cnn(C)c1)C(=O)c1cccc(Cl)n1. The first-order valence-electron chi connectivity index (χ1n) is 5.42. The van der Waals surface area contributed by atoms with Gasteiger partial charge >= 0.3 is 0 Å². The Morgan fingerprint density at radius 2 is 2.28 bits per heavy atom. The molecular formula is C12H13ClN4O. The van der Waals surface area contributed by atoms with E-state index < -0.39 is 0 Å². The largest absolute Gasteiger partial charge is 0.336 e. The summed E-state index contributed by atoms with van der Waals surface area (Å²) < 4.78 is 1.70. The van der Waals surface area contributed by atoms with Gasteiger partial charge in [0.15, 0.2) is 0 Å². The van der Waals surface area contributed by atoms with Crippen molar-refractivity contribution in [2.45, 2.75) is 6.54 Å². The zero-order valence-electron chi connectivity index (χ0n) is 10.2. The van der Waals surface area contributed by atoms with E-state index in [4.69, 9.17) is 11.6 Å². The van der Waals surface area contributed by atoms with Crippen molar-refractivity contribution in [2.75, 3.05) is 7.05 Å². The predicted octanol–water partition coefficient (Wildman–Crippen LogP) is 1.74. The third-order valence-electron chi connectivity index (χ3n) is 2.46. The molecule has 94 valence electrons. The van der Waals surface area contributed by atoms with Gasteiger partial charge in [-0.15, -0.1) is 0 Å². The zero-order valence-corrected chi connectivity index (χ0v) is 10.9. The number of nitrogens with zero attached hydrogens (tertiary/aromatic N) is 4. The summed E-state index contributed by atoms with van der Waals surface area (Å²) in [6.45, 7) is 0.487. The lowest BCUT2D eigenvalue weighted by molar-refractivity contribution is 0.0779. The van der Waals surface area contributed by atoms with Crippen LogP contribution in [0.5, 0.6) is 0 Å². The fourth-order valence-electron chi connectivity index (χ4n) is 1.62. The van der Waals surface area contributed by atoms with Crippen LogP contribution in [0.1, 0.15) is 16.1 Å². The first-order valence-corrected chi connectivity index (χ1v) is 5.79. The summed E-state index contributed by atoms with van der Waals surface area (Å²) in [6.07, 6.45) is 3.60. The number of hydrogen-bond acceptors (Lipinski definition) is 3. The molecular weight excluding hydrogens is 252 g/mol. The maximum Gasteiger partial charge on any atom is 0.272 e. The lowest BCUT2D eigenvalue weighted by Crippen LogP contribution is -2.26. The molecule has 6 heteroatoms. The minimum absolute atomic E-state index is 0.165. The Morgan fingerprint density at radius 3 is 2.89 bits per heavy atom. The molecule has 1 amide bonds. The van der Waals surface area contributed by atoms with E-state index in [-0.39, 0.29) is 5.91 Å². The highest BCUT2D eigenvalue weighted by Crippen LogP contribution is 2.09. The van der Waals surface area contributed by atoms with Crippen LogP contribution in [-0.2, 0) is 13.6 Å². The molecule has 0 fully saturated rings. The summed E-state index contributed by atoms with van der Waals surface area (Å²) in [5, 5.41) is 4.37. The molecule has 0 N–H and O–H groups in total. The number of hydrogen-bond donors (Lipinski definition) is 0. The minimum Gasteiger partial charge on any atom is -0.336 e. The minimum atomic E-state index is -0.165. The average molecular weight is 265 g/mol. The molecule has 2 heterocycles. The summed E-state index contributed by atoms with van der Waals surface area (Å²) >= 11 is 5.76. The molecule has 0 aromatic carbocycles. The van der Waals surface area contributed by atoms with Crippen LogP contribution in [0.15, 0.2) is 30.6 Å². The zero-order chi connectivity index (χ0) is 13.1. The molecule has 0 aliphatic carbocycles. The van der Waals surface area contributed by atoms with Crippen molar-refractivity contribution in [3.8, 4) is 0 Å². The summed E-state index contributed by atoms with van der Waals surface area (Å²) in [4.78, 5) is 17.7. The van der Waals surface area contributed by atoms with Crippen molar-refractivity contribution in [2.24, 2.45) is 7.05 Å². The monoisotopic (exact) mass is 264 g/mol. The number of amides is 1. The Labute approximate surface area is 110 Å². The highest BCUT2D eigenvalue weighted by Gasteiger charge is 2.14. The van der Waals surface area contributed by atoms with E-state index in [0.29, 0.717) is 17.4 Å². The van der Waals surface area contributed by atoms with Crippen LogP contribution in [-0.4, -0.2) is 32.6 Å². The first-order chi connectivity index (χ1) is 8.56. The van der Waals surface area contributed by atoms with Gasteiger partial charge in [-0.1, -0.05) is 17.7 Å². The van der Waals surface area contributed by atoms with Crippen LogP contribution in [0.4, 0.5) is 0 Å². The van der Waals surface area contributed by atoms with Crippen LogP contribution in [0.2, 0.25) is 5.15 Å². The quantitative estimate of drug-likeness (QED) is 0.794. The van der Waals surface area contributed by atoms with Gasteiger partial charge in [0, 0.05) is 32.4 Å². The Balaban J connectivity index is 2.09. The van der Waals surface area contributed by atoms with Crippen molar-refractivity contribution in [1.29, 1.82) is 0 Å². The molecule has 18 heavy (non-hydrogen) atoms. The van der Waals surface area contributed by atoms with Crippen LogP contribution < -0.4 is 0 Å². The topological polar surface area (TPSA) is 51.0 Å². The molecule has 0 unspecified atom stereocenters. The number of pyridine rings is 1. The lowest BCUT2D eigenvalue weighted by Gasteiger charge is -2.15. The highest BCUT2D eigenvalue weighted by atomic mass is 35.5. The molecule has 0 aliphatic heterocycles. The fraction of sp³-hybridized carbons (Fsp3) is 0.250. The van der Waals surface area contributed by atoms with Crippen LogP contribution in [0.25, 0.3) is 0 Å². The second-order valence-electron chi connectivity index (χ2n) is 4.03. The maximum absolute atomic E-state index is 12.1. The lowest BCUT2D eigenvalue weighted by atomic mass is 10.3. The van der Waals surface area contributed by atoms with E-state index in [1.54, 1.807) is 41.0 Å². The maximum atomic E-state index is 12.1. The molecule has 0 saturated carbocycles. The second-order valence-corrected chi connectivity index (χ2v) is 4.42. The van der Waals surface area contributed by atoms with Crippen LogP contribution in [0.3, 0.4) is 0 Å². The van der Waals surface area contributed by atoms with E-state index in [2.05, 4.69) is 10.1 Å². The van der Waals surface area contributed by atoms with Gasteiger partial charge in [0.1, 0.15) is 10.8 Å². The molecule has 0 bridgehead atoms. The molecule has 2 aromatic rings. The molecule has 0 aliphatic rings. The van der Waals surface area contributed by atoms with Gasteiger partial charge in [-0.3, -0.25) is 9.48 Å². The number of carbonyl (C=O) groups is 1. The van der Waals surface area contributed by atoms with Gasteiger partial charge in [-0.2, -0.15) is 5.10 Å². The fourth-order valence-corrected chi connectivity index (χ4v) is 1.79. The third kappa shape index (κ3) is 2.87. The number of aryl methyl sites for hydroxylation is 1. The van der Waals surface area contributed by atoms with E-state index in [1.807, 2.05) is 13.2 Å². The number of rotatable bonds is 3. The molecule has 0 atom stereocenters. The molecule has 2 aromatic heterocycles. The number of halogens is 1. The Kier molecular flexibility index (Phi) is 3.62. The molecule has 2 rings (SSSR count). The molecule has 0 saturated heterocycles.